The molecule has 1 atom stereocenters. The zero-order valence-corrected chi connectivity index (χ0v) is 11.3. The van der Waals surface area contributed by atoms with Crippen molar-refractivity contribution < 1.29 is 8.42 Å². The molecule has 1 unspecified atom stereocenters. The van der Waals surface area contributed by atoms with Crippen LogP contribution < -0.4 is 5.32 Å². The number of hydrogen-bond donors (Lipinski definition) is 1. The number of hydrogen-bond acceptors (Lipinski definition) is 4. The molecule has 0 aromatic rings. The summed E-state index contributed by atoms with van der Waals surface area (Å²) >= 11 is 0. The molecule has 0 spiro atoms. The van der Waals surface area contributed by atoms with Crippen LogP contribution in [0.1, 0.15) is 25.7 Å². The molecule has 0 bridgehead atoms. The molecule has 0 aromatic carbocycles. The minimum absolute atomic E-state index is 0.359. The zero-order valence-electron chi connectivity index (χ0n) is 10.5. The van der Waals surface area contributed by atoms with Crippen LogP contribution >= 0.6 is 0 Å². The van der Waals surface area contributed by atoms with E-state index < -0.39 is 9.84 Å². The highest BCUT2D eigenvalue weighted by Crippen LogP contribution is 2.16. The molecule has 17 heavy (non-hydrogen) atoms. The lowest BCUT2D eigenvalue weighted by Gasteiger charge is -2.28. The van der Waals surface area contributed by atoms with Crippen LogP contribution in [0.3, 0.4) is 0 Å². The standard InChI is InChI=1S/C12H24N2O2S/c15-17(16)9-7-14(8-10-17)6-2-4-12-3-1-5-13-11-12/h12-13H,1-11H2. The van der Waals surface area contributed by atoms with Gasteiger partial charge in [-0.1, -0.05) is 0 Å². The molecule has 0 aromatic heterocycles. The molecule has 0 aliphatic carbocycles. The Labute approximate surface area is 105 Å². The van der Waals surface area contributed by atoms with Crippen LogP contribution in [0.25, 0.3) is 0 Å². The lowest BCUT2D eigenvalue weighted by atomic mass is 9.95. The van der Waals surface area contributed by atoms with E-state index in [0.717, 1.165) is 25.6 Å². The van der Waals surface area contributed by atoms with Gasteiger partial charge in [0.15, 0.2) is 9.84 Å². The SMILES string of the molecule is O=S1(=O)CCN(CCCC2CCCNC2)CC1. The van der Waals surface area contributed by atoms with Crippen LogP contribution in [-0.2, 0) is 9.84 Å². The Balaban J connectivity index is 1.59. The predicted molar refractivity (Wildman–Crippen MR) is 69.9 cm³/mol. The van der Waals surface area contributed by atoms with E-state index in [1.54, 1.807) is 0 Å². The number of nitrogens with one attached hydrogen (secondary N) is 1. The number of piperidine rings is 1. The van der Waals surface area contributed by atoms with Crippen molar-refractivity contribution in [2.75, 3.05) is 44.2 Å². The Hall–Kier alpha value is -0.130. The van der Waals surface area contributed by atoms with Crippen molar-refractivity contribution in [3.8, 4) is 0 Å². The first-order valence-corrected chi connectivity index (χ1v) is 8.61. The van der Waals surface area contributed by atoms with Crippen molar-refractivity contribution >= 4 is 9.84 Å². The first-order valence-electron chi connectivity index (χ1n) is 6.79. The maximum atomic E-state index is 11.3. The second kappa shape index (κ2) is 6.16. The topological polar surface area (TPSA) is 49.4 Å². The van der Waals surface area contributed by atoms with E-state index in [0.29, 0.717) is 11.5 Å². The smallest absolute Gasteiger partial charge is 0.152 e. The van der Waals surface area contributed by atoms with Gasteiger partial charge in [0.25, 0.3) is 0 Å². The van der Waals surface area contributed by atoms with Crippen LogP contribution in [0.4, 0.5) is 0 Å². The summed E-state index contributed by atoms with van der Waals surface area (Å²) in [6.07, 6.45) is 5.18. The summed E-state index contributed by atoms with van der Waals surface area (Å²) < 4.78 is 22.6. The van der Waals surface area contributed by atoms with Crippen LogP contribution in [0.15, 0.2) is 0 Å². The monoisotopic (exact) mass is 260 g/mol. The van der Waals surface area contributed by atoms with Gasteiger partial charge in [0.1, 0.15) is 0 Å². The van der Waals surface area contributed by atoms with Crippen molar-refractivity contribution in [3.05, 3.63) is 0 Å². The molecular weight excluding hydrogens is 236 g/mol. The van der Waals surface area contributed by atoms with E-state index >= 15 is 0 Å². The lowest BCUT2D eigenvalue weighted by Crippen LogP contribution is -2.40. The molecule has 0 amide bonds. The van der Waals surface area contributed by atoms with Gasteiger partial charge in [-0.05, 0) is 51.2 Å². The van der Waals surface area contributed by atoms with Gasteiger partial charge in [-0.15, -0.1) is 0 Å². The summed E-state index contributed by atoms with van der Waals surface area (Å²) in [4.78, 5) is 2.30. The van der Waals surface area contributed by atoms with Gasteiger partial charge in [-0.3, -0.25) is 0 Å². The Morgan fingerprint density at radius 3 is 2.65 bits per heavy atom. The third-order valence-corrected chi connectivity index (χ3v) is 5.53. The Morgan fingerprint density at radius 2 is 2.00 bits per heavy atom. The van der Waals surface area contributed by atoms with E-state index in [9.17, 15) is 8.42 Å². The van der Waals surface area contributed by atoms with Gasteiger partial charge in [0.05, 0.1) is 11.5 Å². The molecule has 4 nitrogen and oxygen atoms in total. The Kier molecular flexibility index (Phi) is 4.82. The van der Waals surface area contributed by atoms with Crippen molar-refractivity contribution in [3.63, 3.8) is 0 Å². The molecule has 0 radical (unpaired) electrons. The highest BCUT2D eigenvalue weighted by Gasteiger charge is 2.21. The summed E-state index contributed by atoms with van der Waals surface area (Å²) in [5.41, 5.74) is 0. The van der Waals surface area contributed by atoms with E-state index in [4.69, 9.17) is 0 Å². The fraction of sp³-hybridized carbons (Fsp3) is 1.00. The minimum Gasteiger partial charge on any atom is -0.316 e. The molecule has 0 saturated carbocycles. The van der Waals surface area contributed by atoms with Crippen molar-refractivity contribution in [2.24, 2.45) is 5.92 Å². The van der Waals surface area contributed by atoms with E-state index in [2.05, 4.69) is 10.2 Å². The van der Waals surface area contributed by atoms with Gasteiger partial charge < -0.3 is 10.2 Å². The van der Waals surface area contributed by atoms with Crippen LogP contribution in [-0.4, -0.2) is 57.5 Å². The Morgan fingerprint density at radius 1 is 1.24 bits per heavy atom. The Bertz CT molecular complexity index is 309. The second-order valence-corrected chi connectivity index (χ2v) is 7.65. The largest absolute Gasteiger partial charge is 0.316 e. The molecule has 2 saturated heterocycles. The van der Waals surface area contributed by atoms with E-state index in [1.807, 2.05) is 0 Å². The first-order chi connectivity index (χ1) is 8.16. The molecule has 5 heteroatoms. The van der Waals surface area contributed by atoms with Crippen molar-refractivity contribution in [1.29, 1.82) is 0 Å². The van der Waals surface area contributed by atoms with E-state index in [1.165, 1.54) is 38.8 Å². The van der Waals surface area contributed by atoms with Gasteiger partial charge in [0.2, 0.25) is 0 Å². The van der Waals surface area contributed by atoms with Crippen LogP contribution in [0.5, 0.6) is 0 Å². The summed E-state index contributed by atoms with van der Waals surface area (Å²) in [6, 6.07) is 0. The number of sulfone groups is 1. The first kappa shape index (κ1) is 13.3. The highest BCUT2D eigenvalue weighted by molar-refractivity contribution is 7.91. The van der Waals surface area contributed by atoms with Gasteiger partial charge in [0, 0.05) is 13.1 Å². The molecule has 2 heterocycles. The third-order valence-electron chi connectivity index (χ3n) is 3.92. The van der Waals surface area contributed by atoms with Gasteiger partial charge in [-0.2, -0.15) is 0 Å². The minimum atomic E-state index is -2.71. The average Bonchev–Trinajstić information content (AvgIpc) is 2.33. The van der Waals surface area contributed by atoms with E-state index in [-0.39, 0.29) is 0 Å². The highest BCUT2D eigenvalue weighted by atomic mass is 32.2. The maximum Gasteiger partial charge on any atom is 0.152 e. The average molecular weight is 260 g/mol. The van der Waals surface area contributed by atoms with Crippen molar-refractivity contribution in [1.82, 2.24) is 10.2 Å². The molecule has 100 valence electrons. The quantitative estimate of drug-likeness (QED) is 0.799. The fourth-order valence-corrected chi connectivity index (χ4v) is 4.02. The summed E-state index contributed by atoms with van der Waals surface area (Å²) in [7, 11) is -2.71. The summed E-state index contributed by atoms with van der Waals surface area (Å²) in [6.45, 7) is 4.91. The lowest BCUT2D eigenvalue weighted by molar-refractivity contribution is 0.268. The zero-order chi connectivity index (χ0) is 12.1. The summed E-state index contributed by atoms with van der Waals surface area (Å²) in [5.74, 6) is 1.56. The molecule has 2 rings (SSSR count). The third kappa shape index (κ3) is 4.56. The molecule has 2 aliphatic heterocycles. The second-order valence-electron chi connectivity index (χ2n) is 5.35. The number of nitrogens with zero attached hydrogens (tertiary/aromatic N) is 1. The molecular formula is C12H24N2O2S. The molecule has 1 N–H and O–H groups in total. The predicted octanol–water partition coefficient (Wildman–Crippen LogP) is 0.497. The van der Waals surface area contributed by atoms with Gasteiger partial charge >= 0.3 is 0 Å². The fourth-order valence-electron chi connectivity index (χ4n) is 2.75. The van der Waals surface area contributed by atoms with Crippen LogP contribution in [0, 0.1) is 5.92 Å². The number of rotatable bonds is 4. The maximum absolute atomic E-state index is 11.3. The summed E-state index contributed by atoms with van der Waals surface area (Å²) in [5, 5.41) is 3.44. The normalized spacial score (nSPS) is 30.2. The van der Waals surface area contributed by atoms with Crippen molar-refractivity contribution in [2.45, 2.75) is 25.7 Å². The molecule has 2 fully saturated rings. The van der Waals surface area contributed by atoms with Gasteiger partial charge in [-0.25, -0.2) is 8.42 Å². The van der Waals surface area contributed by atoms with Crippen LogP contribution in [0.2, 0.25) is 0 Å². The molecule has 2 aliphatic rings.